The largest absolute Gasteiger partial charge is 0.355 e. The molecule has 0 aromatic heterocycles. The summed E-state index contributed by atoms with van der Waals surface area (Å²) in [5.41, 5.74) is 0. The van der Waals surface area contributed by atoms with E-state index in [0.717, 1.165) is 11.7 Å². The molecule has 0 saturated heterocycles. The average Bonchev–Trinajstić information content (AvgIpc) is 1.98. The first-order valence-corrected chi connectivity index (χ1v) is 4.99. The molecular weight excluding hydrogens is 160 g/mol. The van der Waals surface area contributed by atoms with Crippen LogP contribution in [0.2, 0.25) is 0 Å². The molecular formula is C8H18O2S. The van der Waals surface area contributed by atoms with Gasteiger partial charge < -0.3 is 9.47 Å². The van der Waals surface area contributed by atoms with Crippen LogP contribution < -0.4 is 0 Å². The molecule has 3 heteroatoms. The van der Waals surface area contributed by atoms with Crippen molar-refractivity contribution in [2.45, 2.75) is 20.1 Å². The SMILES string of the molecule is COC(CSCC(C)C)OC. The van der Waals surface area contributed by atoms with Gasteiger partial charge in [0.2, 0.25) is 0 Å². The Morgan fingerprint density at radius 1 is 1.09 bits per heavy atom. The van der Waals surface area contributed by atoms with Gasteiger partial charge in [0.1, 0.15) is 0 Å². The molecule has 0 heterocycles. The van der Waals surface area contributed by atoms with Crippen LogP contribution in [0.5, 0.6) is 0 Å². The molecule has 0 aliphatic carbocycles. The number of methoxy groups -OCH3 is 2. The Balaban J connectivity index is 3.21. The topological polar surface area (TPSA) is 18.5 Å². The van der Waals surface area contributed by atoms with Crippen molar-refractivity contribution < 1.29 is 9.47 Å². The highest BCUT2D eigenvalue weighted by Gasteiger charge is 2.04. The number of thioether (sulfide) groups is 1. The second kappa shape index (κ2) is 6.95. The molecule has 0 rings (SSSR count). The summed E-state index contributed by atoms with van der Waals surface area (Å²) in [7, 11) is 3.34. The third-order valence-electron chi connectivity index (χ3n) is 1.23. The first-order chi connectivity index (χ1) is 5.20. The van der Waals surface area contributed by atoms with E-state index >= 15 is 0 Å². The molecule has 0 aromatic rings. The molecule has 0 bridgehead atoms. The smallest absolute Gasteiger partial charge is 0.165 e. The highest BCUT2D eigenvalue weighted by atomic mass is 32.2. The Labute approximate surface area is 73.6 Å². The first-order valence-electron chi connectivity index (χ1n) is 3.84. The van der Waals surface area contributed by atoms with Crippen molar-refractivity contribution in [2.24, 2.45) is 5.92 Å². The van der Waals surface area contributed by atoms with Crippen LogP contribution in [-0.4, -0.2) is 32.0 Å². The van der Waals surface area contributed by atoms with E-state index in [1.54, 1.807) is 14.2 Å². The highest BCUT2D eigenvalue weighted by Crippen LogP contribution is 2.10. The summed E-state index contributed by atoms with van der Waals surface area (Å²) in [6.07, 6.45) is -0.0428. The average molecular weight is 178 g/mol. The van der Waals surface area contributed by atoms with Crippen LogP contribution in [0.4, 0.5) is 0 Å². The maximum Gasteiger partial charge on any atom is 0.165 e. The van der Waals surface area contributed by atoms with E-state index in [1.807, 2.05) is 11.8 Å². The zero-order valence-electron chi connectivity index (χ0n) is 7.79. The lowest BCUT2D eigenvalue weighted by atomic mass is 10.3. The van der Waals surface area contributed by atoms with Crippen molar-refractivity contribution in [3.63, 3.8) is 0 Å². The number of ether oxygens (including phenoxy) is 2. The number of rotatable bonds is 6. The summed E-state index contributed by atoms with van der Waals surface area (Å²) < 4.78 is 10.1. The monoisotopic (exact) mass is 178 g/mol. The van der Waals surface area contributed by atoms with Crippen molar-refractivity contribution in [1.29, 1.82) is 0 Å². The van der Waals surface area contributed by atoms with Crippen LogP contribution in [0, 0.1) is 5.92 Å². The van der Waals surface area contributed by atoms with E-state index in [2.05, 4.69) is 13.8 Å². The van der Waals surface area contributed by atoms with Gasteiger partial charge in [0.25, 0.3) is 0 Å². The van der Waals surface area contributed by atoms with E-state index in [9.17, 15) is 0 Å². The van der Waals surface area contributed by atoms with Crippen molar-refractivity contribution in [3.05, 3.63) is 0 Å². The second-order valence-corrected chi connectivity index (χ2v) is 3.91. The van der Waals surface area contributed by atoms with Gasteiger partial charge in [0, 0.05) is 20.0 Å². The Hall–Kier alpha value is 0.270. The zero-order chi connectivity index (χ0) is 8.69. The van der Waals surface area contributed by atoms with Gasteiger partial charge in [-0.15, -0.1) is 0 Å². The molecule has 68 valence electrons. The molecule has 0 N–H and O–H groups in total. The fraction of sp³-hybridized carbons (Fsp3) is 1.00. The lowest BCUT2D eigenvalue weighted by Crippen LogP contribution is -2.16. The van der Waals surface area contributed by atoms with Crippen molar-refractivity contribution in [2.75, 3.05) is 25.7 Å². The third-order valence-corrected chi connectivity index (χ3v) is 2.64. The third kappa shape index (κ3) is 6.66. The standard InChI is InChI=1S/C8H18O2S/c1-7(2)5-11-6-8(9-3)10-4/h7-8H,5-6H2,1-4H3. The predicted molar refractivity (Wildman–Crippen MR) is 50.0 cm³/mol. The Bertz CT molecular complexity index is 82.2. The van der Waals surface area contributed by atoms with Gasteiger partial charge in [0.15, 0.2) is 6.29 Å². The second-order valence-electron chi connectivity index (χ2n) is 2.83. The number of hydrogen-bond acceptors (Lipinski definition) is 3. The maximum absolute atomic E-state index is 5.04. The van der Waals surface area contributed by atoms with Gasteiger partial charge in [-0.05, 0) is 11.7 Å². The summed E-state index contributed by atoms with van der Waals surface area (Å²) >= 11 is 1.87. The summed E-state index contributed by atoms with van der Waals surface area (Å²) in [6, 6.07) is 0. The fourth-order valence-electron chi connectivity index (χ4n) is 0.632. The summed E-state index contributed by atoms with van der Waals surface area (Å²) in [6.45, 7) is 4.42. The van der Waals surface area contributed by atoms with Crippen molar-refractivity contribution in [3.8, 4) is 0 Å². The van der Waals surface area contributed by atoms with Crippen LogP contribution in [0.3, 0.4) is 0 Å². The van der Waals surface area contributed by atoms with E-state index < -0.39 is 0 Å². The molecule has 11 heavy (non-hydrogen) atoms. The Morgan fingerprint density at radius 2 is 1.64 bits per heavy atom. The molecule has 0 aliphatic rings. The van der Waals surface area contributed by atoms with Crippen LogP contribution in [0.1, 0.15) is 13.8 Å². The normalized spacial score (nSPS) is 11.5. The Morgan fingerprint density at radius 3 is 2.00 bits per heavy atom. The summed E-state index contributed by atoms with van der Waals surface area (Å²) in [5.74, 6) is 2.84. The van der Waals surface area contributed by atoms with Gasteiger partial charge in [0.05, 0.1) is 0 Å². The predicted octanol–water partition coefficient (Wildman–Crippen LogP) is 1.99. The summed E-state index contributed by atoms with van der Waals surface area (Å²) in [5, 5.41) is 0. The molecule has 0 radical (unpaired) electrons. The van der Waals surface area contributed by atoms with Crippen LogP contribution in [0.25, 0.3) is 0 Å². The minimum absolute atomic E-state index is 0.0428. The maximum atomic E-state index is 5.04. The molecule has 0 amide bonds. The molecule has 0 fully saturated rings. The quantitative estimate of drug-likeness (QED) is 0.580. The van der Waals surface area contributed by atoms with E-state index in [4.69, 9.17) is 9.47 Å². The van der Waals surface area contributed by atoms with E-state index in [-0.39, 0.29) is 6.29 Å². The lowest BCUT2D eigenvalue weighted by molar-refractivity contribution is -0.0842. The van der Waals surface area contributed by atoms with Gasteiger partial charge in [-0.25, -0.2) is 0 Å². The lowest BCUT2D eigenvalue weighted by Gasteiger charge is -2.13. The summed E-state index contributed by atoms with van der Waals surface area (Å²) in [4.78, 5) is 0. The van der Waals surface area contributed by atoms with Gasteiger partial charge in [-0.2, -0.15) is 11.8 Å². The molecule has 0 aromatic carbocycles. The highest BCUT2D eigenvalue weighted by molar-refractivity contribution is 7.99. The van der Waals surface area contributed by atoms with Crippen LogP contribution >= 0.6 is 11.8 Å². The zero-order valence-corrected chi connectivity index (χ0v) is 8.61. The van der Waals surface area contributed by atoms with Gasteiger partial charge in [-0.3, -0.25) is 0 Å². The molecule has 0 saturated carbocycles. The van der Waals surface area contributed by atoms with Crippen LogP contribution in [0.15, 0.2) is 0 Å². The van der Waals surface area contributed by atoms with Crippen LogP contribution in [-0.2, 0) is 9.47 Å². The molecule has 0 atom stereocenters. The first kappa shape index (κ1) is 11.3. The Kier molecular flexibility index (Phi) is 7.12. The molecule has 0 spiro atoms. The van der Waals surface area contributed by atoms with Crippen molar-refractivity contribution in [1.82, 2.24) is 0 Å². The molecule has 0 aliphatic heterocycles. The van der Waals surface area contributed by atoms with Crippen molar-refractivity contribution >= 4 is 11.8 Å². The fourth-order valence-corrected chi connectivity index (χ4v) is 1.70. The minimum atomic E-state index is -0.0428. The number of hydrogen-bond donors (Lipinski definition) is 0. The minimum Gasteiger partial charge on any atom is -0.355 e. The molecule has 2 nitrogen and oxygen atoms in total. The van der Waals surface area contributed by atoms with E-state index in [1.165, 1.54) is 5.75 Å². The van der Waals surface area contributed by atoms with E-state index in [0.29, 0.717) is 0 Å². The van der Waals surface area contributed by atoms with Gasteiger partial charge in [-0.1, -0.05) is 13.8 Å². The molecule has 0 unspecified atom stereocenters. The van der Waals surface area contributed by atoms with Gasteiger partial charge >= 0.3 is 0 Å².